The number of halogens is 1. The quantitative estimate of drug-likeness (QED) is 0.802. The Kier molecular flexibility index (Phi) is 4.53. The van der Waals surface area contributed by atoms with Crippen molar-refractivity contribution >= 4 is 28.1 Å². The fourth-order valence-corrected chi connectivity index (χ4v) is 2.76. The number of nitrogens with one attached hydrogen (secondary N) is 1. The number of hydrogen-bond acceptors (Lipinski definition) is 4. The van der Waals surface area contributed by atoms with Gasteiger partial charge in [-0.3, -0.25) is 4.90 Å². The molecule has 1 fully saturated rings. The van der Waals surface area contributed by atoms with Crippen LogP contribution >= 0.6 is 28.1 Å². The first-order valence-electron chi connectivity index (χ1n) is 6.14. The standard InChI is InChI=1S/C12H19BrN4S/c1-8-10(13)12(18)15-11(14-8)9-7-16(2)5-4-6-17(9)3/h9H,4-7H2,1-3H3,(H,14,15,18). The number of aryl methyl sites for hydroxylation is 1. The predicted octanol–water partition coefficient (Wildman–Crippen LogP) is 2.52. The zero-order valence-electron chi connectivity index (χ0n) is 11.0. The van der Waals surface area contributed by atoms with Gasteiger partial charge < -0.3 is 9.88 Å². The summed E-state index contributed by atoms with van der Waals surface area (Å²) in [6.07, 6.45) is 1.19. The van der Waals surface area contributed by atoms with Crippen molar-refractivity contribution in [3.8, 4) is 0 Å². The lowest BCUT2D eigenvalue weighted by Crippen LogP contribution is -2.32. The highest BCUT2D eigenvalue weighted by atomic mass is 79.9. The van der Waals surface area contributed by atoms with Crippen molar-refractivity contribution in [2.45, 2.75) is 19.4 Å². The van der Waals surface area contributed by atoms with Crippen LogP contribution in [0.4, 0.5) is 0 Å². The largest absolute Gasteiger partial charge is 0.345 e. The SMILES string of the molecule is Cc1[nH]c(C2CN(C)CCCN2C)nc(=S)c1Br. The molecule has 1 aromatic rings. The second kappa shape index (κ2) is 5.77. The first kappa shape index (κ1) is 14.1. The van der Waals surface area contributed by atoms with Gasteiger partial charge in [0.15, 0.2) is 0 Å². The van der Waals surface area contributed by atoms with Crippen molar-refractivity contribution in [2.24, 2.45) is 0 Å². The summed E-state index contributed by atoms with van der Waals surface area (Å²) >= 11 is 8.75. The Balaban J connectivity index is 2.36. The van der Waals surface area contributed by atoms with Gasteiger partial charge in [0, 0.05) is 12.2 Å². The molecule has 100 valence electrons. The van der Waals surface area contributed by atoms with E-state index in [9.17, 15) is 0 Å². The molecule has 0 aliphatic carbocycles. The van der Waals surface area contributed by atoms with Crippen LogP contribution in [0.2, 0.25) is 0 Å². The summed E-state index contributed by atoms with van der Waals surface area (Å²) in [6.45, 7) is 5.23. The van der Waals surface area contributed by atoms with Crippen LogP contribution in [-0.2, 0) is 0 Å². The maximum absolute atomic E-state index is 5.29. The van der Waals surface area contributed by atoms with Crippen LogP contribution in [0.15, 0.2) is 4.47 Å². The smallest absolute Gasteiger partial charge is 0.144 e. The Morgan fingerprint density at radius 2 is 2.11 bits per heavy atom. The van der Waals surface area contributed by atoms with Crippen LogP contribution in [0, 0.1) is 11.6 Å². The molecule has 0 radical (unpaired) electrons. The summed E-state index contributed by atoms with van der Waals surface area (Å²) in [7, 11) is 4.31. The Morgan fingerprint density at radius 1 is 1.39 bits per heavy atom. The monoisotopic (exact) mass is 330 g/mol. The van der Waals surface area contributed by atoms with E-state index >= 15 is 0 Å². The van der Waals surface area contributed by atoms with Crippen LogP contribution < -0.4 is 0 Å². The molecule has 0 spiro atoms. The van der Waals surface area contributed by atoms with Gasteiger partial charge in [0.1, 0.15) is 10.5 Å². The van der Waals surface area contributed by atoms with E-state index in [1.165, 1.54) is 6.42 Å². The maximum atomic E-state index is 5.29. The average Bonchev–Trinajstić information content (AvgIpc) is 2.47. The van der Waals surface area contributed by atoms with Gasteiger partial charge in [-0.1, -0.05) is 12.2 Å². The van der Waals surface area contributed by atoms with Crippen LogP contribution in [0.1, 0.15) is 24.0 Å². The zero-order valence-corrected chi connectivity index (χ0v) is 13.4. The molecule has 1 N–H and O–H groups in total. The summed E-state index contributed by atoms with van der Waals surface area (Å²) < 4.78 is 1.53. The molecule has 1 aromatic heterocycles. The molecule has 0 amide bonds. The van der Waals surface area contributed by atoms with Crippen LogP contribution in [0.5, 0.6) is 0 Å². The van der Waals surface area contributed by atoms with Crippen molar-refractivity contribution in [1.29, 1.82) is 0 Å². The van der Waals surface area contributed by atoms with Crippen LogP contribution in [0.25, 0.3) is 0 Å². The lowest BCUT2D eigenvalue weighted by Gasteiger charge is -2.26. The molecular weight excluding hydrogens is 312 g/mol. The van der Waals surface area contributed by atoms with Gasteiger partial charge in [-0.05, 0) is 56.5 Å². The molecule has 2 heterocycles. The Morgan fingerprint density at radius 3 is 2.78 bits per heavy atom. The lowest BCUT2D eigenvalue weighted by molar-refractivity contribution is 0.219. The molecule has 4 nitrogen and oxygen atoms in total. The van der Waals surface area contributed by atoms with Gasteiger partial charge in [0.25, 0.3) is 0 Å². The molecule has 1 atom stereocenters. The minimum atomic E-state index is 0.283. The van der Waals surface area contributed by atoms with Gasteiger partial charge in [-0.15, -0.1) is 0 Å². The summed E-state index contributed by atoms with van der Waals surface area (Å²) in [5.74, 6) is 0.969. The Labute approximate surface area is 122 Å². The highest BCUT2D eigenvalue weighted by Gasteiger charge is 2.24. The molecule has 1 saturated heterocycles. The second-order valence-corrected chi connectivity index (χ2v) is 6.16. The van der Waals surface area contributed by atoms with Gasteiger partial charge in [0.05, 0.1) is 10.5 Å². The first-order chi connectivity index (χ1) is 8.49. The molecule has 18 heavy (non-hydrogen) atoms. The molecule has 0 aromatic carbocycles. The molecule has 6 heteroatoms. The number of likely N-dealkylation sites (N-methyl/N-ethyl adjacent to an activating group) is 2. The van der Waals surface area contributed by atoms with E-state index < -0.39 is 0 Å². The lowest BCUT2D eigenvalue weighted by atomic mass is 10.2. The number of H-pyrrole nitrogens is 1. The number of hydrogen-bond donors (Lipinski definition) is 1. The van der Waals surface area contributed by atoms with E-state index in [-0.39, 0.29) is 6.04 Å². The molecule has 1 aliphatic rings. The first-order valence-corrected chi connectivity index (χ1v) is 7.34. The second-order valence-electron chi connectivity index (χ2n) is 4.98. The third kappa shape index (κ3) is 2.99. The van der Waals surface area contributed by atoms with E-state index in [1.807, 2.05) is 6.92 Å². The average molecular weight is 331 g/mol. The van der Waals surface area contributed by atoms with E-state index in [1.54, 1.807) is 0 Å². The fourth-order valence-electron chi connectivity index (χ4n) is 2.32. The van der Waals surface area contributed by atoms with Crippen molar-refractivity contribution in [3.63, 3.8) is 0 Å². The van der Waals surface area contributed by atoms with Gasteiger partial charge in [-0.2, -0.15) is 0 Å². The van der Waals surface area contributed by atoms with Crippen LogP contribution in [-0.4, -0.2) is 53.5 Å². The van der Waals surface area contributed by atoms with Crippen molar-refractivity contribution in [3.05, 3.63) is 20.6 Å². The highest BCUT2D eigenvalue weighted by Crippen LogP contribution is 2.23. The number of aromatic amines is 1. The van der Waals surface area contributed by atoms with E-state index in [0.717, 1.165) is 35.6 Å². The predicted molar refractivity (Wildman–Crippen MR) is 79.3 cm³/mol. The van der Waals surface area contributed by atoms with Gasteiger partial charge in [-0.25, -0.2) is 4.98 Å². The topological polar surface area (TPSA) is 35.2 Å². The van der Waals surface area contributed by atoms with Crippen LogP contribution in [0.3, 0.4) is 0 Å². The van der Waals surface area contributed by atoms with Crippen molar-refractivity contribution in [1.82, 2.24) is 19.8 Å². The molecule has 2 rings (SSSR count). The van der Waals surface area contributed by atoms with E-state index in [0.29, 0.717) is 4.64 Å². The third-order valence-corrected chi connectivity index (χ3v) is 4.97. The summed E-state index contributed by atoms with van der Waals surface area (Å²) in [5.41, 5.74) is 1.05. The summed E-state index contributed by atoms with van der Waals surface area (Å²) in [4.78, 5) is 12.6. The molecule has 0 bridgehead atoms. The minimum absolute atomic E-state index is 0.283. The van der Waals surface area contributed by atoms with E-state index in [2.05, 4.69) is 49.8 Å². The molecule has 1 unspecified atom stereocenters. The normalized spacial score (nSPS) is 23.0. The summed E-state index contributed by atoms with van der Waals surface area (Å²) in [6, 6.07) is 0.283. The highest BCUT2D eigenvalue weighted by molar-refractivity contribution is 9.10. The molecular formula is C12H19BrN4S. The summed E-state index contributed by atoms with van der Waals surface area (Å²) in [5, 5.41) is 0. The zero-order chi connectivity index (χ0) is 13.3. The number of nitrogens with zero attached hydrogens (tertiary/aromatic N) is 3. The molecule has 0 saturated carbocycles. The Hall–Kier alpha value is -0.300. The minimum Gasteiger partial charge on any atom is -0.345 e. The van der Waals surface area contributed by atoms with Gasteiger partial charge in [0.2, 0.25) is 0 Å². The third-order valence-electron chi connectivity index (χ3n) is 3.44. The number of aromatic nitrogens is 2. The van der Waals surface area contributed by atoms with Gasteiger partial charge >= 0.3 is 0 Å². The Bertz CT molecular complexity index is 487. The van der Waals surface area contributed by atoms with Crippen molar-refractivity contribution < 1.29 is 0 Å². The fraction of sp³-hybridized carbons (Fsp3) is 0.667. The van der Waals surface area contributed by atoms with E-state index in [4.69, 9.17) is 12.2 Å². The van der Waals surface area contributed by atoms with Crippen molar-refractivity contribution in [2.75, 3.05) is 33.7 Å². The maximum Gasteiger partial charge on any atom is 0.144 e. The number of rotatable bonds is 1. The molecule has 1 aliphatic heterocycles.